The number of hydrogen-bond donors (Lipinski definition) is 0. The number of methoxy groups -OCH3 is 1. The Labute approximate surface area is 108 Å². The number of hydrogen-bond acceptors (Lipinski definition) is 2. The largest absolute Gasteiger partial charge is 0.496 e. The number of rotatable bonds is 3. The maximum Gasteiger partial charge on any atom is 0.150 e. The minimum Gasteiger partial charge on any atom is -0.496 e. The highest BCUT2D eigenvalue weighted by molar-refractivity contribution is 9.10. The van der Waals surface area contributed by atoms with Crippen molar-refractivity contribution in [1.29, 1.82) is 0 Å². The van der Waals surface area contributed by atoms with Gasteiger partial charge < -0.3 is 4.74 Å². The maximum atomic E-state index is 10.8. The van der Waals surface area contributed by atoms with Crippen LogP contribution in [-0.4, -0.2) is 13.4 Å². The third-order valence-corrected chi connectivity index (χ3v) is 3.04. The Morgan fingerprint density at radius 2 is 1.82 bits per heavy atom. The van der Waals surface area contributed by atoms with Crippen LogP contribution in [0.5, 0.6) is 5.75 Å². The Morgan fingerprint density at radius 3 is 2.41 bits per heavy atom. The van der Waals surface area contributed by atoms with Crippen LogP contribution in [0.1, 0.15) is 10.4 Å². The van der Waals surface area contributed by atoms with Gasteiger partial charge in [0.15, 0.2) is 0 Å². The summed E-state index contributed by atoms with van der Waals surface area (Å²) in [6.07, 6.45) is 0.835. The molecule has 0 saturated carbocycles. The molecule has 0 aliphatic rings. The van der Waals surface area contributed by atoms with Crippen LogP contribution in [-0.2, 0) is 0 Å². The minimum absolute atomic E-state index is 0.642. The lowest BCUT2D eigenvalue weighted by Gasteiger charge is -2.09. The predicted octanol–water partition coefficient (Wildman–Crippen LogP) is 3.94. The molecule has 0 amide bonds. The molecule has 0 N–H and O–H groups in total. The topological polar surface area (TPSA) is 26.3 Å². The second-order valence-corrected chi connectivity index (χ2v) is 4.50. The molecule has 0 aliphatic carbocycles. The van der Waals surface area contributed by atoms with Crippen LogP contribution in [0.2, 0.25) is 0 Å². The number of ether oxygens (including phenoxy) is 1. The van der Waals surface area contributed by atoms with Crippen molar-refractivity contribution >= 4 is 22.2 Å². The molecule has 0 heterocycles. The Morgan fingerprint density at radius 1 is 1.12 bits per heavy atom. The fourth-order valence-corrected chi connectivity index (χ4v) is 1.92. The summed E-state index contributed by atoms with van der Waals surface area (Å²) in [6, 6.07) is 13.3. The lowest BCUT2D eigenvalue weighted by molar-refractivity contribution is 0.112. The molecule has 0 unspecified atom stereocenters. The highest BCUT2D eigenvalue weighted by atomic mass is 79.9. The fraction of sp³-hybridized carbons (Fsp3) is 0.0714. The van der Waals surface area contributed by atoms with Crippen LogP contribution in [0.4, 0.5) is 0 Å². The zero-order valence-electron chi connectivity index (χ0n) is 9.31. The van der Waals surface area contributed by atoms with E-state index in [9.17, 15) is 4.79 Å². The van der Waals surface area contributed by atoms with E-state index in [1.54, 1.807) is 19.2 Å². The SMILES string of the molecule is COc1ccc(C=O)cc1-c1ccc(Br)cc1. The first-order valence-corrected chi connectivity index (χ1v) is 5.93. The third-order valence-electron chi connectivity index (χ3n) is 2.51. The van der Waals surface area contributed by atoms with Crippen molar-refractivity contribution in [3.63, 3.8) is 0 Å². The average Bonchev–Trinajstić information content (AvgIpc) is 2.39. The third kappa shape index (κ3) is 2.56. The molecular weight excluding hydrogens is 280 g/mol. The fourth-order valence-electron chi connectivity index (χ4n) is 1.65. The summed E-state index contributed by atoms with van der Waals surface area (Å²) >= 11 is 3.39. The molecule has 0 aromatic heterocycles. The number of halogens is 1. The maximum absolute atomic E-state index is 10.8. The van der Waals surface area contributed by atoms with Gasteiger partial charge in [-0.05, 0) is 35.9 Å². The first-order valence-electron chi connectivity index (χ1n) is 5.14. The zero-order valence-corrected chi connectivity index (χ0v) is 10.9. The second-order valence-electron chi connectivity index (χ2n) is 3.58. The molecule has 2 nitrogen and oxygen atoms in total. The van der Waals surface area contributed by atoms with Gasteiger partial charge in [-0.1, -0.05) is 28.1 Å². The van der Waals surface area contributed by atoms with Crippen molar-refractivity contribution in [3.05, 3.63) is 52.5 Å². The van der Waals surface area contributed by atoms with Crippen molar-refractivity contribution < 1.29 is 9.53 Å². The molecule has 0 spiro atoms. The van der Waals surface area contributed by atoms with E-state index in [0.717, 1.165) is 27.6 Å². The summed E-state index contributed by atoms with van der Waals surface area (Å²) in [5, 5.41) is 0. The van der Waals surface area contributed by atoms with E-state index in [-0.39, 0.29) is 0 Å². The van der Waals surface area contributed by atoms with E-state index in [1.165, 1.54) is 0 Å². The summed E-state index contributed by atoms with van der Waals surface area (Å²) in [6.45, 7) is 0. The van der Waals surface area contributed by atoms with Crippen LogP contribution in [0.25, 0.3) is 11.1 Å². The van der Waals surface area contributed by atoms with Gasteiger partial charge in [-0.3, -0.25) is 4.79 Å². The van der Waals surface area contributed by atoms with Gasteiger partial charge in [0.1, 0.15) is 12.0 Å². The lowest BCUT2D eigenvalue weighted by Crippen LogP contribution is -1.90. The van der Waals surface area contributed by atoms with E-state index in [2.05, 4.69) is 15.9 Å². The van der Waals surface area contributed by atoms with Crippen LogP contribution < -0.4 is 4.74 Å². The predicted molar refractivity (Wildman–Crippen MR) is 71.5 cm³/mol. The molecule has 17 heavy (non-hydrogen) atoms. The van der Waals surface area contributed by atoms with Gasteiger partial charge in [0.2, 0.25) is 0 Å². The molecule has 0 saturated heterocycles. The molecular formula is C14H11BrO2. The van der Waals surface area contributed by atoms with Crippen molar-refractivity contribution in [3.8, 4) is 16.9 Å². The first kappa shape index (κ1) is 11.9. The number of aldehydes is 1. The Hall–Kier alpha value is -1.61. The highest BCUT2D eigenvalue weighted by Crippen LogP contribution is 2.31. The van der Waals surface area contributed by atoms with Gasteiger partial charge in [0.25, 0.3) is 0 Å². The molecule has 0 atom stereocenters. The van der Waals surface area contributed by atoms with E-state index in [0.29, 0.717) is 5.56 Å². The summed E-state index contributed by atoms with van der Waals surface area (Å²) in [7, 11) is 1.62. The molecule has 0 aliphatic heterocycles. The normalized spacial score (nSPS) is 10.0. The first-order chi connectivity index (χ1) is 8.24. The van der Waals surface area contributed by atoms with Gasteiger partial charge in [-0.15, -0.1) is 0 Å². The Balaban J connectivity index is 2.55. The number of carbonyl (C=O) groups excluding carboxylic acids is 1. The monoisotopic (exact) mass is 290 g/mol. The molecule has 2 aromatic rings. The zero-order chi connectivity index (χ0) is 12.3. The Kier molecular flexibility index (Phi) is 3.59. The van der Waals surface area contributed by atoms with Crippen molar-refractivity contribution in [2.45, 2.75) is 0 Å². The molecule has 2 aromatic carbocycles. The molecule has 86 valence electrons. The van der Waals surface area contributed by atoms with Crippen LogP contribution >= 0.6 is 15.9 Å². The van der Waals surface area contributed by atoms with Gasteiger partial charge >= 0.3 is 0 Å². The van der Waals surface area contributed by atoms with E-state index in [1.807, 2.05) is 30.3 Å². The standard InChI is InChI=1S/C14H11BrO2/c1-17-14-7-2-10(9-16)8-13(14)11-3-5-12(15)6-4-11/h2-9H,1H3. The summed E-state index contributed by atoms with van der Waals surface area (Å²) in [4.78, 5) is 10.8. The lowest BCUT2D eigenvalue weighted by atomic mass is 10.0. The quantitative estimate of drug-likeness (QED) is 0.801. The molecule has 0 fully saturated rings. The summed E-state index contributed by atoms with van der Waals surface area (Å²) < 4.78 is 6.32. The van der Waals surface area contributed by atoms with Gasteiger partial charge in [0, 0.05) is 15.6 Å². The van der Waals surface area contributed by atoms with Crippen molar-refractivity contribution in [2.75, 3.05) is 7.11 Å². The molecule has 0 bridgehead atoms. The molecule has 2 rings (SSSR count). The van der Waals surface area contributed by atoms with Crippen molar-refractivity contribution in [2.24, 2.45) is 0 Å². The molecule has 0 radical (unpaired) electrons. The minimum atomic E-state index is 0.642. The van der Waals surface area contributed by atoms with Gasteiger partial charge in [-0.2, -0.15) is 0 Å². The average molecular weight is 291 g/mol. The van der Waals surface area contributed by atoms with E-state index >= 15 is 0 Å². The smallest absolute Gasteiger partial charge is 0.150 e. The van der Waals surface area contributed by atoms with E-state index in [4.69, 9.17) is 4.74 Å². The van der Waals surface area contributed by atoms with Crippen LogP contribution in [0.15, 0.2) is 46.9 Å². The Bertz CT molecular complexity index is 532. The second kappa shape index (κ2) is 5.15. The summed E-state index contributed by atoms with van der Waals surface area (Å²) in [5.74, 6) is 0.762. The number of benzene rings is 2. The number of carbonyl (C=O) groups is 1. The molecule has 3 heteroatoms. The van der Waals surface area contributed by atoms with Crippen molar-refractivity contribution in [1.82, 2.24) is 0 Å². The highest BCUT2D eigenvalue weighted by Gasteiger charge is 2.06. The van der Waals surface area contributed by atoms with Crippen LogP contribution in [0, 0.1) is 0 Å². The van der Waals surface area contributed by atoms with Crippen LogP contribution in [0.3, 0.4) is 0 Å². The van der Waals surface area contributed by atoms with Gasteiger partial charge in [-0.25, -0.2) is 0 Å². The van der Waals surface area contributed by atoms with Gasteiger partial charge in [0.05, 0.1) is 7.11 Å². The van der Waals surface area contributed by atoms with E-state index < -0.39 is 0 Å². The summed E-state index contributed by atoms with van der Waals surface area (Å²) in [5.41, 5.74) is 2.59.